The molecule has 0 spiro atoms. The van der Waals surface area contributed by atoms with E-state index in [1.807, 2.05) is 19.9 Å². The quantitative estimate of drug-likeness (QED) is 0.358. The molecule has 0 aliphatic carbocycles. The SMILES string of the molecule is CN=C(NCCCNC(=O)c1occc1C)NC1CCCN(c2cc(C)ccc2F)C1. The third kappa shape index (κ3) is 6.23. The van der Waals surface area contributed by atoms with Crippen LogP contribution < -0.4 is 20.9 Å². The Morgan fingerprint density at radius 2 is 2.06 bits per heavy atom. The van der Waals surface area contributed by atoms with Gasteiger partial charge in [0.2, 0.25) is 0 Å². The Bertz CT molecular complexity index is 911. The highest BCUT2D eigenvalue weighted by molar-refractivity contribution is 5.92. The molecule has 0 saturated carbocycles. The summed E-state index contributed by atoms with van der Waals surface area (Å²) in [7, 11) is 1.73. The van der Waals surface area contributed by atoms with E-state index >= 15 is 0 Å². The molecule has 0 radical (unpaired) electrons. The van der Waals surface area contributed by atoms with Crippen molar-refractivity contribution in [2.24, 2.45) is 4.99 Å². The first-order valence-corrected chi connectivity index (χ1v) is 10.8. The van der Waals surface area contributed by atoms with Crippen LogP contribution in [0.25, 0.3) is 0 Å². The van der Waals surface area contributed by atoms with Crippen LogP contribution in [0.4, 0.5) is 10.1 Å². The second-order valence-corrected chi connectivity index (χ2v) is 7.93. The van der Waals surface area contributed by atoms with Crippen LogP contribution in [0.2, 0.25) is 0 Å². The van der Waals surface area contributed by atoms with Gasteiger partial charge in [-0.1, -0.05) is 6.07 Å². The van der Waals surface area contributed by atoms with Gasteiger partial charge in [0.15, 0.2) is 11.7 Å². The minimum absolute atomic E-state index is 0.180. The van der Waals surface area contributed by atoms with E-state index in [1.165, 1.54) is 12.3 Å². The summed E-state index contributed by atoms with van der Waals surface area (Å²) in [4.78, 5) is 18.4. The fraction of sp³-hybridized carbons (Fsp3) is 0.478. The highest BCUT2D eigenvalue weighted by atomic mass is 19.1. The van der Waals surface area contributed by atoms with E-state index < -0.39 is 0 Å². The molecule has 1 fully saturated rings. The van der Waals surface area contributed by atoms with Crippen molar-refractivity contribution in [2.75, 3.05) is 38.1 Å². The summed E-state index contributed by atoms with van der Waals surface area (Å²) in [6.45, 7) is 6.59. The zero-order chi connectivity index (χ0) is 22.2. The second-order valence-electron chi connectivity index (χ2n) is 7.93. The van der Waals surface area contributed by atoms with Crippen molar-refractivity contribution in [3.8, 4) is 0 Å². The largest absolute Gasteiger partial charge is 0.459 e. The van der Waals surface area contributed by atoms with E-state index in [-0.39, 0.29) is 17.8 Å². The number of rotatable bonds is 7. The maximum Gasteiger partial charge on any atom is 0.287 e. The normalized spacial score (nSPS) is 16.8. The summed E-state index contributed by atoms with van der Waals surface area (Å²) < 4.78 is 19.5. The maximum absolute atomic E-state index is 14.3. The number of carbonyl (C=O) groups excluding carboxylic acids is 1. The molecule has 1 aliphatic rings. The number of benzene rings is 1. The van der Waals surface area contributed by atoms with Crippen LogP contribution in [0.3, 0.4) is 0 Å². The van der Waals surface area contributed by atoms with Crippen molar-refractivity contribution in [2.45, 2.75) is 39.2 Å². The first-order valence-electron chi connectivity index (χ1n) is 10.8. The highest BCUT2D eigenvalue weighted by Gasteiger charge is 2.23. The lowest BCUT2D eigenvalue weighted by atomic mass is 10.0. The van der Waals surface area contributed by atoms with Gasteiger partial charge in [-0.05, 0) is 56.9 Å². The van der Waals surface area contributed by atoms with Crippen LogP contribution in [-0.2, 0) is 0 Å². The number of aliphatic imine (C=N–C) groups is 1. The number of carbonyl (C=O) groups is 1. The minimum Gasteiger partial charge on any atom is -0.459 e. The van der Waals surface area contributed by atoms with E-state index in [1.54, 1.807) is 19.2 Å². The molecule has 1 unspecified atom stereocenters. The molecule has 3 rings (SSSR count). The van der Waals surface area contributed by atoms with Crippen LogP contribution in [0.15, 0.2) is 39.9 Å². The number of piperidine rings is 1. The molecule has 2 aromatic rings. The lowest BCUT2D eigenvalue weighted by molar-refractivity contribution is 0.0925. The van der Waals surface area contributed by atoms with Crippen LogP contribution in [0, 0.1) is 19.7 Å². The number of anilines is 1. The molecule has 31 heavy (non-hydrogen) atoms. The summed E-state index contributed by atoms with van der Waals surface area (Å²) in [6, 6.07) is 7.19. The average Bonchev–Trinajstić information content (AvgIpc) is 3.20. The van der Waals surface area contributed by atoms with Gasteiger partial charge in [0, 0.05) is 44.8 Å². The number of halogens is 1. The Balaban J connectivity index is 1.41. The Hall–Kier alpha value is -3.03. The Morgan fingerprint density at radius 1 is 1.26 bits per heavy atom. The number of nitrogens with one attached hydrogen (secondary N) is 3. The molecule has 7 nitrogen and oxygen atoms in total. The zero-order valence-electron chi connectivity index (χ0n) is 18.5. The molecule has 1 aliphatic heterocycles. The summed E-state index contributed by atoms with van der Waals surface area (Å²) >= 11 is 0. The van der Waals surface area contributed by atoms with Gasteiger partial charge in [-0.15, -0.1) is 0 Å². The number of aryl methyl sites for hydroxylation is 2. The second kappa shape index (κ2) is 10.8. The van der Waals surface area contributed by atoms with Gasteiger partial charge in [-0.25, -0.2) is 4.39 Å². The van der Waals surface area contributed by atoms with Gasteiger partial charge in [-0.3, -0.25) is 9.79 Å². The molecule has 1 saturated heterocycles. The monoisotopic (exact) mass is 429 g/mol. The molecular weight excluding hydrogens is 397 g/mol. The molecule has 2 heterocycles. The van der Waals surface area contributed by atoms with Gasteiger partial charge >= 0.3 is 0 Å². The number of furan rings is 1. The fourth-order valence-electron chi connectivity index (χ4n) is 3.75. The molecule has 1 amide bonds. The van der Waals surface area contributed by atoms with Crippen molar-refractivity contribution in [1.82, 2.24) is 16.0 Å². The van der Waals surface area contributed by atoms with E-state index in [4.69, 9.17) is 4.42 Å². The van der Waals surface area contributed by atoms with Gasteiger partial charge in [-0.2, -0.15) is 0 Å². The van der Waals surface area contributed by atoms with Crippen LogP contribution in [-0.4, -0.2) is 51.1 Å². The molecule has 3 N–H and O–H groups in total. The Morgan fingerprint density at radius 3 is 2.81 bits per heavy atom. The standard InChI is InChI=1S/C23H32FN5O2/c1-16-7-8-19(24)20(14-16)29-12-4-6-18(15-29)28-23(25-3)27-11-5-10-26-22(30)21-17(2)9-13-31-21/h7-9,13-14,18H,4-6,10-12,15H2,1-3H3,(H,26,30)(H2,25,27,28). The molecule has 1 atom stereocenters. The van der Waals surface area contributed by atoms with Gasteiger partial charge in [0.1, 0.15) is 5.82 Å². The molecule has 168 valence electrons. The van der Waals surface area contributed by atoms with Gasteiger partial charge < -0.3 is 25.3 Å². The zero-order valence-corrected chi connectivity index (χ0v) is 18.5. The summed E-state index contributed by atoms with van der Waals surface area (Å²) in [6.07, 6.45) is 4.25. The van der Waals surface area contributed by atoms with Crippen molar-refractivity contribution in [3.05, 3.63) is 53.2 Å². The lowest BCUT2D eigenvalue weighted by Gasteiger charge is -2.35. The van der Waals surface area contributed by atoms with Crippen molar-refractivity contribution in [1.29, 1.82) is 0 Å². The molecule has 1 aromatic carbocycles. The predicted octanol–water partition coefficient (Wildman–Crippen LogP) is 2.99. The summed E-state index contributed by atoms with van der Waals surface area (Å²) in [5.74, 6) is 0.693. The highest BCUT2D eigenvalue weighted by Crippen LogP contribution is 2.24. The fourth-order valence-corrected chi connectivity index (χ4v) is 3.75. The van der Waals surface area contributed by atoms with E-state index in [0.29, 0.717) is 30.5 Å². The molecule has 8 heteroatoms. The molecule has 0 bridgehead atoms. The van der Waals surface area contributed by atoms with Gasteiger partial charge in [0.05, 0.1) is 12.0 Å². The first-order chi connectivity index (χ1) is 15.0. The smallest absolute Gasteiger partial charge is 0.287 e. The van der Waals surface area contributed by atoms with E-state index in [2.05, 4.69) is 25.8 Å². The van der Waals surface area contributed by atoms with E-state index in [9.17, 15) is 9.18 Å². The average molecular weight is 430 g/mol. The Labute approximate surface area is 183 Å². The molecule has 1 aromatic heterocycles. The van der Waals surface area contributed by atoms with Gasteiger partial charge in [0.25, 0.3) is 5.91 Å². The molecular formula is C23H32FN5O2. The number of nitrogens with zero attached hydrogens (tertiary/aromatic N) is 2. The summed E-state index contributed by atoms with van der Waals surface area (Å²) in [5.41, 5.74) is 2.54. The topological polar surface area (TPSA) is 81.9 Å². The predicted molar refractivity (Wildman–Crippen MR) is 121 cm³/mol. The lowest BCUT2D eigenvalue weighted by Crippen LogP contribution is -2.51. The number of amides is 1. The van der Waals surface area contributed by atoms with Crippen molar-refractivity contribution < 1.29 is 13.6 Å². The minimum atomic E-state index is -0.198. The Kier molecular flexibility index (Phi) is 7.92. The van der Waals surface area contributed by atoms with Crippen LogP contribution >= 0.6 is 0 Å². The number of hydrogen-bond donors (Lipinski definition) is 3. The number of hydrogen-bond acceptors (Lipinski definition) is 4. The van der Waals surface area contributed by atoms with Crippen molar-refractivity contribution >= 4 is 17.6 Å². The van der Waals surface area contributed by atoms with Crippen LogP contribution in [0.1, 0.15) is 40.9 Å². The number of guanidine groups is 1. The van der Waals surface area contributed by atoms with E-state index in [0.717, 1.165) is 43.5 Å². The third-order valence-electron chi connectivity index (χ3n) is 5.43. The third-order valence-corrected chi connectivity index (χ3v) is 5.43. The first kappa shape index (κ1) is 22.7. The maximum atomic E-state index is 14.3. The van der Waals surface area contributed by atoms with Crippen LogP contribution in [0.5, 0.6) is 0 Å². The summed E-state index contributed by atoms with van der Waals surface area (Å²) in [5, 5.41) is 9.58. The van der Waals surface area contributed by atoms with Crippen molar-refractivity contribution in [3.63, 3.8) is 0 Å².